The maximum atomic E-state index is 14.0. The molecule has 1 saturated carbocycles. The number of rotatable bonds is 12. The lowest BCUT2D eigenvalue weighted by molar-refractivity contribution is -0.130. The van der Waals surface area contributed by atoms with Gasteiger partial charge in [-0.05, 0) is 42.6 Å². The number of aliphatic hydroxyl groups is 2. The van der Waals surface area contributed by atoms with Crippen molar-refractivity contribution in [1.29, 1.82) is 0 Å². The van der Waals surface area contributed by atoms with Gasteiger partial charge in [-0.25, -0.2) is 4.99 Å². The third kappa shape index (κ3) is 6.42. The zero-order chi connectivity index (χ0) is 27.7. The van der Waals surface area contributed by atoms with Gasteiger partial charge >= 0.3 is 0 Å². The second kappa shape index (κ2) is 12.8. The Morgan fingerprint density at radius 2 is 1.97 bits per heavy atom. The Hall–Kier alpha value is -3.85. The first-order chi connectivity index (χ1) is 18.9. The van der Waals surface area contributed by atoms with E-state index in [9.17, 15) is 9.90 Å². The highest BCUT2D eigenvalue weighted by Gasteiger charge is 2.53. The highest BCUT2D eigenvalue weighted by atomic mass is 16.5. The van der Waals surface area contributed by atoms with Crippen LogP contribution in [-0.4, -0.2) is 52.9 Å². The summed E-state index contributed by atoms with van der Waals surface area (Å²) >= 11 is 0. The summed E-state index contributed by atoms with van der Waals surface area (Å²) in [4.78, 5) is 21.8. The predicted molar refractivity (Wildman–Crippen MR) is 148 cm³/mol. The predicted octanol–water partition coefficient (Wildman–Crippen LogP) is 5.03. The number of hydrogen-bond donors (Lipinski definition) is 3. The van der Waals surface area contributed by atoms with Gasteiger partial charge in [0.25, 0.3) is 5.91 Å². The van der Waals surface area contributed by atoms with E-state index in [2.05, 4.69) is 21.9 Å². The van der Waals surface area contributed by atoms with E-state index in [1.54, 1.807) is 54.6 Å². The molecule has 2 aromatic rings. The Bertz CT molecular complexity index is 1230. The van der Waals surface area contributed by atoms with Crippen LogP contribution in [0.3, 0.4) is 0 Å². The molecule has 1 aliphatic heterocycles. The average molecular weight is 534 g/mol. The number of hydrogen-bond acceptors (Lipinski definition) is 7. The Morgan fingerprint density at radius 1 is 1.23 bits per heavy atom. The highest BCUT2D eigenvalue weighted by molar-refractivity contribution is 6.01. The third-order valence-electron chi connectivity index (χ3n) is 7.22. The first kappa shape index (κ1) is 28.2. The molecule has 1 amide bonds. The molecular weight excluding hydrogens is 498 g/mol. The van der Waals surface area contributed by atoms with E-state index in [0.29, 0.717) is 48.4 Å². The molecule has 0 spiro atoms. The summed E-state index contributed by atoms with van der Waals surface area (Å²) in [5, 5.41) is 26.8. The maximum absolute atomic E-state index is 14.0. The molecule has 0 saturated heterocycles. The fourth-order valence-electron chi connectivity index (χ4n) is 5.15. The Kier molecular flexibility index (Phi) is 9.24. The fourth-order valence-corrected chi connectivity index (χ4v) is 5.15. The summed E-state index contributed by atoms with van der Waals surface area (Å²) in [5.74, 6) is 0.485. The smallest absolute Gasteiger partial charge is 0.252 e. The van der Waals surface area contributed by atoms with Gasteiger partial charge in [0.1, 0.15) is 5.75 Å². The molecule has 0 aromatic heterocycles. The standard InChI is InChI=1S/C29H35N5O5/c1-2-15-29(27(36)31-20-28(37)16-6-3-7-17-28)25(23-9-4-5-10-24(23)33-34-30)39-26(32-29)21-11-13-22(14-12-21)38-19-8-18-35/h2,4-5,9-14,25,35,37H,1,3,6-8,15-20H2,(H,31,36)/t25-,29-/m1/s1. The van der Waals surface area contributed by atoms with E-state index in [-0.39, 0.29) is 25.5 Å². The van der Waals surface area contributed by atoms with Crippen LogP contribution in [-0.2, 0) is 9.53 Å². The molecule has 0 bridgehead atoms. The molecule has 10 heteroatoms. The number of azide groups is 1. The van der Waals surface area contributed by atoms with Crippen molar-refractivity contribution in [1.82, 2.24) is 5.32 Å². The van der Waals surface area contributed by atoms with Gasteiger partial charge in [0.05, 0.1) is 12.2 Å². The lowest BCUT2D eigenvalue weighted by atomic mass is 9.82. The van der Waals surface area contributed by atoms with Crippen LogP contribution in [0.15, 0.2) is 71.3 Å². The van der Waals surface area contributed by atoms with Crippen molar-refractivity contribution in [2.24, 2.45) is 10.1 Å². The largest absolute Gasteiger partial charge is 0.494 e. The summed E-state index contributed by atoms with van der Waals surface area (Å²) in [5.41, 5.74) is 8.25. The van der Waals surface area contributed by atoms with Crippen molar-refractivity contribution >= 4 is 17.5 Å². The molecule has 3 N–H and O–H groups in total. The van der Waals surface area contributed by atoms with Crippen molar-refractivity contribution in [3.8, 4) is 5.75 Å². The number of nitrogens with one attached hydrogen (secondary N) is 1. The third-order valence-corrected chi connectivity index (χ3v) is 7.22. The number of carbonyl (C=O) groups is 1. The van der Waals surface area contributed by atoms with Crippen molar-refractivity contribution < 1.29 is 24.5 Å². The van der Waals surface area contributed by atoms with Crippen molar-refractivity contribution in [2.75, 3.05) is 19.8 Å². The monoisotopic (exact) mass is 533 g/mol. The molecule has 4 rings (SSSR count). The summed E-state index contributed by atoms with van der Waals surface area (Å²) in [7, 11) is 0. The summed E-state index contributed by atoms with van der Waals surface area (Å²) in [6.07, 6.45) is 5.54. The van der Waals surface area contributed by atoms with Crippen molar-refractivity contribution in [3.05, 3.63) is 82.8 Å². The number of ether oxygens (including phenoxy) is 2. The summed E-state index contributed by atoms with van der Waals surface area (Å²) in [6, 6.07) is 14.1. The van der Waals surface area contributed by atoms with Gasteiger partial charge in [0.15, 0.2) is 11.6 Å². The quantitative estimate of drug-likeness (QED) is 0.115. The number of benzene rings is 2. The molecule has 1 heterocycles. The molecular formula is C29H35N5O5. The minimum absolute atomic E-state index is 0.0479. The van der Waals surface area contributed by atoms with Gasteiger partial charge in [0.2, 0.25) is 5.90 Å². The number of aliphatic hydroxyl groups excluding tert-OH is 1. The van der Waals surface area contributed by atoms with Crippen molar-refractivity contribution in [3.63, 3.8) is 0 Å². The lowest BCUT2D eigenvalue weighted by Crippen LogP contribution is -2.52. The van der Waals surface area contributed by atoms with E-state index in [4.69, 9.17) is 25.1 Å². The molecule has 39 heavy (non-hydrogen) atoms. The first-order valence-corrected chi connectivity index (χ1v) is 13.3. The topological polar surface area (TPSA) is 149 Å². The summed E-state index contributed by atoms with van der Waals surface area (Å²) < 4.78 is 12.0. The second-order valence-electron chi connectivity index (χ2n) is 10.00. The fraction of sp³-hybridized carbons (Fsp3) is 0.448. The van der Waals surface area contributed by atoms with Gasteiger partial charge < -0.3 is 25.0 Å². The van der Waals surface area contributed by atoms with E-state index in [0.717, 1.165) is 19.3 Å². The van der Waals surface area contributed by atoms with Crippen LogP contribution in [0.2, 0.25) is 0 Å². The summed E-state index contributed by atoms with van der Waals surface area (Å²) in [6.45, 7) is 4.43. The second-order valence-corrected chi connectivity index (χ2v) is 10.00. The van der Waals surface area contributed by atoms with Gasteiger partial charge in [-0.2, -0.15) is 0 Å². The average Bonchev–Trinajstić information content (AvgIpc) is 3.34. The molecule has 1 fully saturated rings. The molecule has 2 atom stereocenters. The zero-order valence-corrected chi connectivity index (χ0v) is 22.0. The Balaban J connectivity index is 1.70. The Labute approximate surface area is 228 Å². The van der Waals surface area contributed by atoms with E-state index < -0.39 is 23.2 Å². The number of aliphatic imine (C=N–C) groups is 1. The first-order valence-electron chi connectivity index (χ1n) is 13.3. The van der Waals surface area contributed by atoms with Gasteiger partial charge in [-0.15, -0.1) is 6.58 Å². The zero-order valence-electron chi connectivity index (χ0n) is 22.0. The molecule has 1 aliphatic carbocycles. The van der Waals surface area contributed by atoms with Crippen LogP contribution in [0.4, 0.5) is 5.69 Å². The van der Waals surface area contributed by atoms with Gasteiger partial charge in [0, 0.05) is 47.7 Å². The normalized spacial score (nSPS) is 21.7. The number of amides is 1. The minimum atomic E-state index is -1.44. The maximum Gasteiger partial charge on any atom is 0.252 e. The molecule has 10 nitrogen and oxygen atoms in total. The van der Waals surface area contributed by atoms with E-state index in [1.807, 2.05) is 0 Å². The van der Waals surface area contributed by atoms with Crippen LogP contribution in [0, 0.1) is 0 Å². The molecule has 0 unspecified atom stereocenters. The molecule has 0 radical (unpaired) electrons. The van der Waals surface area contributed by atoms with Crippen LogP contribution in [0.1, 0.15) is 62.2 Å². The lowest BCUT2D eigenvalue weighted by Gasteiger charge is -2.35. The van der Waals surface area contributed by atoms with Crippen LogP contribution >= 0.6 is 0 Å². The van der Waals surface area contributed by atoms with Gasteiger partial charge in [-0.3, -0.25) is 4.79 Å². The van der Waals surface area contributed by atoms with Crippen LogP contribution in [0.5, 0.6) is 5.75 Å². The van der Waals surface area contributed by atoms with Crippen LogP contribution < -0.4 is 10.1 Å². The number of carbonyl (C=O) groups excluding carboxylic acids is 1. The van der Waals surface area contributed by atoms with Crippen molar-refractivity contribution in [2.45, 2.75) is 62.2 Å². The molecule has 2 aromatic carbocycles. The van der Waals surface area contributed by atoms with Crippen LogP contribution in [0.25, 0.3) is 10.4 Å². The molecule has 206 valence electrons. The Morgan fingerprint density at radius 3 is 2.67 bits per heavy atom. The highest BCUT2D eigenvalue weighted by Crippen LogP contribution is 2.45. The van der Waals surface area contributed by atoms with Gasteiger partial charge in [-0.1, -0.05) is 54.7 Å². The van der Waals surface area contributed by atoms with E-state index in [1.165, 1.54) is 0 Å². The SMILES string of the molecule is C=CC[C@@]1(C(=O)NCC2(O)CCCCC2)N=C(c2ccc(OCCCO)cc2)O[C@@H]1c1ccccc1N=[N+]=[N-]. The number of nitrogens with zero attached hydrogens (tertiary/aromatic N) is 4. The molecule has 2 aliphatic rings. The van der Waals surface area contributed by atoms with E-state index >= 15 is 0 Å². The minimum Gasteiger partial charge on any atom is -0.494 e.